The molecule has 3 heteroatoms. The maximum Gasteiger partial charge on any atom is 0.0917 e. The number of aliphatic hydroxyl groups excluding tert-OH is 1. The van der Waals surface area contributed by atoms with Crippen LogP contribution in [0.5, 0.6) is 0 Å². The molecular formula is C9H18O2S. The van der Waals surface area contributed by atoms with E-state index in [0.29, 0.717) is 13.2 Å². The number of rotatable bonds is 4. The van der Waals surface area contributed by atoms with Crippen molar-refractivity contribution in [3.8, 4) is 0 Å². The molecule has 1 heterocycles. The van der Waals surface area contributed by atoms with Crippen LogP contribution in [0.15, 0.2) is 0 Å². The lowest BCUT2D eigenvalue weighted by Gasteiger charge is -2.28. The van der Waals surface area contributed by atoms with Crippen LogP contribution in [-0.4, -0.2) is 34.9 Å². The number of hydrogen-bond donors (Lipinski definition) is 1. The average Bonchev–Trinajstić information content (AvgIpc) is 2.49. The summed E-state index contributed by atoms with van der Waals surface area (Å²) in [6.07, 6.45) is 2.04. The van der Waals surface area contributed by atoms with Crippen LogP contribution in [0.4, 0.5) is 0 Å². The highest BCUT2D eigenvalue weighted by atomic mass is 32.2. The van der Waals surface area contributed by atoms with E-state index in [4.69, 9.17) is 4.74 Å². The Hall–Kier alpha value is 0.270. The van der Waals surface area contributed by atoms with Crippen LogP contribution in [0, 0.1) is 0 Å². The van der Waals surface area contributed by atoms with Crippen LogP contribution in [0.1, 0.15) is 26.7 Å². The molecular weight excluding hydrogens is 172 g/mol. The van der Waals surface area contributed by atoms with Gasteiger partial charge in [0.15, 0.2) is 0 Å². The zero-order valence-corrected chi connectivity index (χ0v) is 8.69. The minimum absolute atomic E-state index is 0.0508. The molecule has 0 saturated carbocycles. The molecule has 2 unspecified atom stereocenters. The quantitative estimate of drug-likeness (QED) is 0.731. The largest absolute Gasteiger partial charge is 0.389 e. The van der Waals surface area contributed by atoms with Gasteiger partial charge in [-0.3, -0.25) is 0 Å². The Bertz CT molecular complexity index is 132. The van der Waals surface area contributed by atoms with Gasteiger partial charge in [0, 0.05) is 11.4 Å². The summed E-state index contributed by atoms with van der Waals surface area (Å²) in [5, 5.41) is 9.79. The zero-order chi connectivity index (χ0) is 9.03. The number of aliphatic hydroxyl groups is 1. The maximum atomic E-state index is 9.79. The highest BCUT2D eigenvalue weighted by Gasteiger charge is 2.36. The molecule has 2 atom stereocenters. The molecule has 2 nitrogen and oxygen atoms in total. The van der Waals surface area contributed by atoms with Crippen molar-refractivity contribution in [1.82, 2.24) is 0 Å². The Balaban J connectivity index is 2.33. The zero-order valence-electron chi connectivity index (χ0n) is 7.88. The van der Waals surface area contributed by atoms with Gasteiger partial charge in [-0.05, 0) is 32.4 Å². The molecule has 0 aromatic carbocycles. The van der Waals surface area contributed by atoms with Crippen LogP contribution in [0.2, 0.25) is 0 Å². The Labute approximate surface area is 78.7 Å². The van der Waals surface area contributed by atoms with Gasteiger partial charge in [-0.25, -0.2) is 0 Å². The fourth-order valence-corrected chi connectivity index (χ4v) is 2.77. The Morgan fingerprint density at radius 3 is 2.92 bits per heavy atom. The molecule has 0 amide bonds. The normalized spacial score (nSPS) is 32.2. The molecule has 12 heavy (non-hydrogen) atoms. The van der Waals surface area contributed by atoms with Gasteiger partial charge in [-0.2, -0.15) is 11.8 Å². The van der Waals surface area contributed by atoms with Gasteiger partial charge >= 0.3 is 0 Å². The monoisotopic (exact) mass is 190 g/mol. The Kier molecular flexibility index (Phi) is 3.87. The van der Waals surface area contributed by atoms with Crippen LogP contribution < -0.4 is 0 Å². The van der Waals surface area contributed by atoms with E-state index in [1.165, 1.54) is 12.2 Å². The molecule has 0 bridgehead atoms. The van der Waals surface area contributed by atoms with E-state index in [1.54, 1.807) is 0 Å². The first kappa shape index (κ1) is 10.4. The van der Waals surface area contributed by atoms with E-state index in [1.807, 2.05) is 18.7 Å². The number of ether oxygens (including phenoxy) is 1. The molecule has 0 spiro atoms. The van der Waals surface area contributed by atoms with Gasteiger partial charge in [0.25, 0.3) is 0 Å². The summed E-state index contributed by atoms with van der Waals surface area (Å²) in [5.41, 5.74) is 0. The molecule has 1 rings (SSSR count). The Morgan fingerprint density at radius 2 is 2.42 bits per heavy atom. The van der Waals surface area contributed by atoms with E-state index in [-0.39, 0.29) is 10.9 Å². The SMILES string of the molecule is CCOCC(O)C1(C)CCCS1. The average molecular weight is 190 g/mol. The topological polar surface area (TPSA) is 29.5 Å². The molecule has 0 aromatic heterocycles. The second-order valence-corrected chi connectivity index (χ2v) is 5.07. The van der Waals surface area contributed by atoms with Crippen molar-refractivity contribution in [2.45, 2.75) is 37.5 Å². The summed E-state index contributed by atoms with van der Waals surface area (Å²) in [6, 6.07) is 0. The highest BCUT2D eigenvalue weighted by Crippen LogP contribution is 2.40. The Morgan fingerprint density at radius 1 is 1.67 bits per heavy atom. The lowest BCUT2D eigenvalue weighted by molar-refractivity contribution is 0.0231. The third-order valence-electron chi connectivity index (χ3n) is 2.43. The predicted octanol–water partition coefficient (Wildman–Crippen LogP) is 1.67. The molecule has 1 aliphatic rings. The van der Waals surface area contributed by atoms with Crippen molar-refractivity contribution in [2.75, 3.05) is 19.0 Å². The van der Waals surface area contributed by atoms with Crippen LogP contribution in [0.25, 0.3) is 0 Å². The van der Waals surface area contributed by atoms with E-state index in [2.05, 4.69) is 6.92 Å². The maximum absolute atomic E-state index is 9.79. The summed E-state index contributed by atoms with van der Waals surface area (Å²) in [7, 11) is 0. The fraction of sp³-hybridized carbons (Fsp3) is 1.00. The standard InChI is InChI=1S/C9H18O2S/c1-3-11-7-8(10)9(2)5-4-6-12-9/h8,10H,3-7H2,1-2H3. The second-order valence-electron chi connectivity index (χ2n) is 3.44. The number of hydrogen-bond acceptors (Lipinski definition) is 3. The summed E-state index contributed by atoms with van der Waals surface area (Å²) < 4.78 is 5.26. The van der Waals surface area contributed by atoms with Crippen molar-refractivity contribution >= 4 is 11.8 Å². The molecule has 1 aliphatic heterocycles. The van der Waals surface area contributed by atoms with Crippen molar-refractivity contribution in [3.05, 3.63) is 0 Å². The van der Waals surface area contributed by atoms with Gasteiger partial charge in [0.05, 0.1) is 12.7 Å². The molecule has 0 aliphatic carbocycles. The molecule has 1 N–H and O–H groups in total. The van der Waals surface area contributed by atoms with Gasteiger partial charge in [-0.1, -0.05) is 0 Å². The van der Waals surface area contributed by atoms with E-state index in [9.17, 15) is 5.11 Å². The summed E-state index contributed by atoms with van der Waals surface area (Å²) in [4.78, 5) is 0. The highest BCUT2D eigenvalue weighted by molar-refractivity contribution is 8.00. The van der Waals surface area contributed by atoms with Gasteiger partial charge < -0.3 is 9.84 Å². The third kappa shape index (κ3) is 2.38. The van der Waals surface area contributed by atoms with Crippen molar-refractivity contribution in [3.63, 3.8) is 0 Å². The minimum Gasteiger partial charge on any atom is -0.389 e. The van der Waals surface area contributed by atoms with E-state index >= 15 is 0 Å². The summed E-state index contributed by atoms with van der Waals surface area (Å²) in [5.74, 6) is 1.18. The fourth-order valence-electron chi connectivity index (χ4n) is 1.47. The van der Waals surface area contributed by atoms with Crippen LogP contribution in [-0.2, 0) is 4.74 Å². The van der Waals surface area contributed by atoms with Crippen molar-refractivity contribution in [1.29, 1.82) is 0 Å². The lowest BCUT2D eigenvalue weighted by Crippen LogP contribution is -2.37. The molecule has 0 radical (unpaired) electrons. The molecule has 1 fully saturated rings. The van der Waals surface area contributed by atoms with Crippen molar-refractivity contribution in [2.24, 2.45) is 0 Å². The van der Waals surface area contributed by atoms with Crippen LogP contribution >= 0.6 is 11.8 Å². The first-order valence-corrected chi connectivity index (χ1v) is 5.57. The van der Waals surface area contributed by atoms with E-state index < -0.39 is 0 Å². The minimum atomic E-state index is -0.301. The predicted molar refractivity (Wildman–Crippen MR) is 52.6 cm³/mol. The molecule has 72 valence electrons. The second kappa shape index (κ2) is 4.49. The summed E-state index contributed by atoms with van der Waals surface area (Å²) in [6.45, 7) is 5.27. The number of thioether (sulfide) groups is 1. The van der Waals surface area contributed by atoms with Gasteiger partial charge in [0.2, 0.25) is 0 Å². The van der Waals surface area contributed by atoms with Crippen molar-refractivity contribution < 1.29 is 9.84 Å². The van der Waals surface area contributed by atoms with Gasteiger partial charge in [-0.15, -0.1) is 0 Å². The molecule has 0 aromatic rings. The smallest absolute Gasteiger partial charge is 0.0917 e. The first-order valence-electron chi connectivity index (χ1n) is 4.59. The summed E-state index contributed by atoms with van der Waals surface area (Å²) >= 11 is 1.87. The van der Waals surface area contributed by atoms with Gasteiger partial charge in [0.1, 0.15) is 0 Å². The lowest BCUT2D eigenvalue weighted by atomic mass is 9.99. The van der Waals surface area contributed by atoms with E-state index in [0.717, 1.165) is 6.42 Å². The first-order chi connectivity index (χ1) is 5.69. The molecule has 1 saturated heterocycles. The third-order valence-corrected chi connectivity index (χ3v) is 4.06. The van der Waals surface area contributed by atoms with Crippen LogP contribution in [0.3, 0.4) is 0 Å².